The van der Waals surface area contributed by atoms with Crippen LogP contribution in [0.15, 0.2) is 79.0 Å². The number of aryl methyl sites for hydroxylation is 1. The van der Waals surface area contributed by atoms with Gasteiger partial charge in [0.15, 0.2) is 0 Å². The predicted octanol–water partition coefficient (Wildman–Crippen LogP) is 4.11. The number of nitrogens with zero attached hydrogens (tertiary/aromatic N) is 1. The van der Waals surface area contributed by atoms with Gasteiger partial charge in [0.05, 0.1) is 11.8 Å². The highest BCUT2D eigenvalue weighted by Gasteiger charge is 2.15. The van der Waals surface area contributed by atoms with Crippen LogP contribution in [0.4, 0.5) is 0 Å². The van der Waals surface area contributed by atoms with Gasteiger partial charge in [-0.25, -0.2) is 0 Å². The lowest BCUT2D eigenvalue weighted by molar-refractivity contribution is 0.130. The highest BCUT2D eigenvalue weighted by atomic mass is 16.3. The molecule has 30 heavy (non-hydrogen) atoms. The van der Waals surface area contributed by atoms with E-state index in [1.54, 1.807) is 0 Å². The maximum Gasteiger partial charge on any atom is 0.0701 e. The summed E-state index contributed by atoms with van der Waals surface area (Å²) in [6.45, 7) is 0. The fourth-order valence-electron chi connectivity index (χ4n) is 3.70. The van der Waals surface area contributed by atoms with Crippen molar-refractivity contribution in [2.45, 2.75) is 56.7 Å². The van der Waals surface area contributed by atoms with Gasteiger partial charge in [-0.1, -0.05) is 60.7 Å². The van der Waals surface area contributed by atoms with Crippen LogP contribution in [0.1, 0.15) is 36.8 Å². The topological polar surface area (TPSA) is 85.2 Å². The minimum atomic E-state index is -0.489. The maximum atomic E-state index is 10.3. The van der Waals surface area contributed by atoms with E-state index >= 15 is 0 Å². The molecule has 0 amide bonds. The lowest BCUT2D eigenvalue weighted by Gasteiger charge is -2.20. The van der Waals surface area contributed by atoms with Crippen LogP contribution in [0.25, 0.3) is 11.3 Å². The van der Waals surface area contributed by atoms with Crippen molar-refractivity contribution >= 4 is 0 Å². The van der Waals surface area contributed by atoms with E-state index in [0.29, 0.717) is 12.8 Å². The van der Waals surface area contributed by atoms with Gasteiger partial charge in [-0.3, -0.25) is 4.98 Å². The number of hydrogen-bond donors (Lipinski definition) is 3. The number of pyridine rings is 1. The zero-order chi connectivity index (χ0) is 21.2. The first-order chi connectivity index (χ1) is 14.6. The lowest BCUT2D eigenvalue weighted by Crippen LogP contribution is -2.36. The molecule has 0 saturated heterocycles. The first-order valence-corrected chi connectivity index (χ1v) is 10.9. The molecule has 158 valence electrons. The third-order valence-corrected chi connectivity index (χ3v) is 5.60. The summed E-state index contributed by atoms with van der Waals surface area (Å²) in [6.07, 6.45) is 6.41. The minimum absolute atomic E-state index is 0.137. The van der Waals surface area contributed by atoms with Gasteiger partial charge in [-0.2, -0.15) is 0 Å². The van der Waals surface area contributed by atoms with Crippen molar-refractivity contribution in [2.75, 3.05) is 0 Å². The molecule has 3 rings (SSSR count). The van der Waals surface area contributed by atoms with Gasteiger partial charge in [0.25, 0.3) is 0 Å². The average molecular weight is 404 g/mol. The highest BCUT2D eigenvalue weighted by molar-refractivity contribution is 5.58. The van der Waals surface area contributed by atoms with E-state index in [0.717, 1.165) is 42.5 Å². The Hall–Kier alpha value is -2.53. The van der Waals surface area contributed by atoms with Crippen molar-refractivity contribution in [2.24, 2.45) is 11.5 Å². The Balaban J connectivity index is 1.35. The van der Waals surface area contributed by atoms with Crippen molar-refractivity contribution in [3.8, 4) is 11.3 Å². The molecule has 0 spiro atoms. The zero-order valence-electron chi connectivity index (χ0n) is 17.5. The SMILES string of the molecule is NC(CCCC(O)C(N)Cc1ccccc1)CCc1ccc(-c2ccccn2)cc1. The van der Waals surface area contributed by atoms with Gasteiger partial charge in [-0.05, 0) is 61.8 Å². The van der Waals surface area contributed by atoms with Crippen LogP contribution < -0.4 is 11.5 Å². The normalized spacial score (nSPS) is 14.2. The highest BCUT2D eigenvalue weighted by Crippen LogP contribution is 2.18. The molecule has 5 N–H and O–H groups in total. The molecular weight excluding hydrogens is 370 g/mol. The van der Waals surface area contributed by atoms with Crippen LogP contribution in [0.2, 0.25) is 0 Å². The first kappa shape index (κ1) is 22.2. The van der Waals surface area contributed by atoms with Crippen molar-refractivity contribution in [3.05, 3.63) is 90.1 Å². The largest absolute Gasteiger partial charge is 0.392 e. The summed E-state index contributed by atoms with van der Waals surface area (Å²) in [5, 5.41) is 10.3. The zero-order valence-corrected chi connectivity index (χ0v) is 17.5. The molecule has 0 aliphatic carbocycles. The number of hydrogen-bond acceptors (Lipinski definition) is 4. The Bertz CT molecular complexity index is 852. The van der Waals surface area contributed by atoms with Crippen molar-refractivity contribution < 1.29 is 5.11 Å². The van der Waals surface area contributed by atoms with E-state index < -0.39 is 6.10 Å². The fourth-order valence-corrected chi connectivity index (χ4v) is 3.70. The lowest BCUT2D eigenvalue weighted by atomic mass is 9.96. The van der Waals surface area contributed by atoms with E-state index in [2.05, 4.69) is 29.2 Å². The van der Waals surface area contributed by atoms with E-state index in [9.17, 15) is 5.11 Å². The Morgan fingerprint density at radius 2 is 1.50 bits per heavy atom. The second kappa shape index (κ2) is 11.6. The molecule has 0 aliphatic rings. The van der Waals surface area contributed by atoms with Crippen molar-refractivity contribution in [3.63, 3.8) is 0 Å². The van der Waals surface area contributed by atoms with Crippen LogP contribution in [-0.4, -0.2) is 28.3 Å². The predicted molar refractivity (Wildman–Crippen MR) is 124 cm³/mol. The van der Waals surface area contributed by atoms with Gasteiger partial charge >= 0.3 is 0 Å². The summed E-state index contributed by atoms with van der Waals surface area (Å²) >= 11 is 0. The molecule has 0 radical (unpaired) electrons. The number of nitrogens with two attached hydrogens (primary N) is 2. The Morgan fingerprint density at radius 3 is 2.20 bits per heavy atom. The Morgan fingerprint density at radius 1 is 0.767 bits per heavy atom. The van der Waals surface area contributed by atoms with E-state index in [-0.39, 0.29) is 12.1 Å². The van der Waals surface area contributed by atoms with Crippen LogP contribution >= 0.6 is 0 Å². The molecule has 0 saturated carbocycles. The standard InChI is InChI=1S/C26H33N3O/c27-23(9-6-11-26(30)24(28)19-21-7-2-1-3-8-21)17-14-20-12-15-22(16-13-20)25-10-4-5-18-29-25/h1-5,7-8,10,12-13,15-16,18,23-24,26,30H,6,9,11,14,17,19,27-28H2. The summed E-state index contributed by atoms with van der Waals surface area (Å²) in [6, 6.07) is 24.5. The molecule has 0 bridgehead atoms. The summed E-state index contributed by atoms with van der Waals surface area (Å²) in [7, 11) is 0. The third-order valence-electron chi connectivity index (χ3n) is 5.60. The fraction of sp³-hybridized carbons (Fsp3) is 0.346. The van der Waals surface area contributed by atoms with Gasteiger partial charge < -0.3 is 16.6 Å². The summed E-state index contributed by atoms with van der Waals surface area (Å²) in [5.74, 6) is 0. The molecule has 4 nitrogen and oxygen atoms in total. The maximum absolute atomic E-state index is 10.3. The van der Waals surface area contributed by atoms with Crippen molar-refractivity contribution in [1.82, 2.24) is 4.98 Å². The Labute approximate surface area is 180 Å². The third kappa shape index (κ3) is 7.06. The van der Waals surface area contributed by atoms with Crippen LogP contribution in [0, 0.1) is 0 Å². The first-order valence-electron chi connectivity index (χ1n) is 10.9. The van der Waals surface area contributed by atoms with Crippen LogP contribution in [0.5, 0.6) is 0 Å². The average Bonchev–Trinajstić information content (AvgIpc) is 2.79. The number of aliphatic hydroxyl groups excluding tert-OH is 1. The summed E-state index contributed by atoms with van der Waals surface area (Å²) in [4.78, 5) is 4.39. The van der Waals surface area contributed by atoms with E-state index in [4.69, 9.17) is 11.5 Å². The van der Waals surface area contributed by atoms with Gasteiger partial charge in [0.2, 0.25) is 0 Å². The summed E-state index contributed by atoms with van der Waals surface area (Å²) in [5.41, 5.74) is 17.0. The smallest absolute Gasteiger partial charge is 0.0701 e. The summed E-state index contributed by atoms with van der Waals surface area (Å²) < 4.78 is 0. The monoisotopic (exact) mass is 403 g/mol. The molecule has 2 aromatic carbocycles. The number of benzene rings is 2. The van der Waals surface area contributed by atoms with Gasteiger partial charge in [0.1, 0.15) is 0 Å². The Kier molecular flexibility index (Phi) is 8.57. The van der Waals surface area contributed by atoms with Crippen LogP contribution in [-0.2, 0) is 12.8 Å². The molecule has 3 unspecified atom stereocenters. The number of aliphatic hydroxyl groups is 1. The van der Waals surface area contributed by atoms with Gasteiger partial charge in [-0.15, -0.1) is 0 Å². The molecular formula is C26H33N3O. The molecule has 3 aromatic rings. The number of rotatable bonds is 11. The van der Waals surface area contributed by atoms with E-state index in [1.165, 1.54) is 5.56 Å². The van der Waals surface area contributed by atoms with E-state index in [1.807, 2.05) is 54.7 Å². The molecule has 1 aromatic heterocycles. The second-order valence-corrected chi connectivity index (χ2v) is 8.06. The van der Waals surface area contributed by atoms with Gasteiger partial charge in [0, 0.05) is 23.8 Å². The molecule has 0 aliphatic heterocycles. The second-order valence-electron chi connectivity index (χ2n) is 8.06. The molecule has 1 heterocycles. The minimum Gasteiger partial charge on any atom is -0.392 e. The molecule has 0 fully saturated rings. The molecule has 4 heteroatoms. The number of aromatic nitrogens is 1. The van der Waals surface area contributed by atoms with Crippen LogP contribution in [0.3, 0.4) is 0 Å². The molecule has 3 atom stereocenters. The van der Waals surface area contributed by atoms with Crippen molar-refractivity contribution in [1.29, 1.82) is 0 Å². The quantitative estimate of drug-likeness (QED) is 0.450.